The highest BCUT2D eigenvalue weighted by Crippen LogP contribution is 2.09. The number of benzene rings is 1. The molecule has 0 spiro atoms. The van der Waals surface area contributed by atoms with Crippen LogP contribution in [0.4, 0.5) is 4.39 Å². The molecule has 1 amide bonds. The van der Waals surface area contributed by atoms with Crippen molar-refractivity contribution in [1.29, 1.82) is 0 Å². The maximum atomic E-state index is 13.4. The van der Waals surface area contributed by atoms with Gasteiger partial charge in [-0.3, -0.25) is 9.59 Å². The van der Waals surface area contributed by atoms with Gasteiger partial charge in [-0.2, -0.15) is 0 Å². The number of carboxylic acids is 1. The Morgan fingerprint density at radius 3 is 2.61 bits per heavy atom. The summed E-state index contributed by atoms with van der Waals surface area (Å²) in [6, 6.07) is 4.96. The van der Waals surface area contributed by atoms with Gasteiger partial charge in [0.05, 0.1) is 12.5 Å². The molecule has 0 aliphatic rings. The molecule has 0 bridgehead atoms. The van der Waals surface area contributed by atoms with E-state index in [2.05, 4.69) is 0 Å². The van der Waals surface area contributed by atoms with Gasteiger partial charge >= 0.3 is 5.97 Å². The Labute approximate surface area is 104 Å². The number of carbonyl (C=O) groups is 2. The summed E-state index contributed by atoms with van der Waals surface area (Å²) in [4.78, 5) is 23.4. The van der Waals surface area contributed by atoms with E-state index in [1.54, 1.807) is 18.2 Å². The van der Waals surface area contributed by atoms with Crippen LogP contribution in [-0.4, -0.2) is 35.0 Å². The fraction of sp³-hybridized carbons (Fsp3) is 0.333. The summed E-state index contributed by atoms with van der Waals surface area (Å²) in [5.74, 6) is -2.08. The van der Waals surface area contributed by atoms with E-state index in [1.807, 2.05) is 0 Å². The molecule has 1 atom stereocenters. The first-order chi connectivity index (χ1) is 8.41. The zero-order valence-electron chi connectivity index (χ0n) is 9.97. The Hall–Kier alpha value is -1.95. The summed E-state index contributed by atoms with van der Waals surface area (Å²) in [6.45, 7) is 0.0544. The molecule has 0 radical (unpaired) electrons. The van der Waals surface area contributed by atoms with Crippen molar-refractivity contribution in [1.82, 2.24) is 4.90 Å². The first kappa shape index (κ1) is 14.1. The predicted octanol–water partition coefficient (Wildman–Crippen LogP) is 0.586. The van der Waals surface area contributed by atoms with Gasteiger partial charge in [0.1, 0.15) is 5.82 Å². The largest absolute Gasteiger partial charge is 0.481 e. The first-order valence-corrected chi connectivity index (χ1v) is 5.37. The van der Waals surface area contributed by atoms with Gasteiger partial charge in [-0.1, -0.05) is 18.2 Å². The van der Waals surface area contributed by atoms with Gasteiger partial charge in [-0.15, -0.1) is 0 Å². The molecular formula is C12H15FN2O3. The standard InChI is InChI=1S/C12H15FN2O3/c1-15(12(18)10(14)6-11(16)17)7-8-4-2-3-5-9(8)13/h2-5,10H,6-7,14H2,1H3,(H,16,17). The summed E-state index contributed by atoms with van der Waals surface area (Å²) >= 11 is 0. The van der Waals surface area contributed by atoms with Crippen molar-refractivity contribution in [3.8, 4) is 0 Å². The molecule has 0 fully saturated rings. The Bertz CT molecular complexity index is 451. The Morgan fingerprint density at radius 1 is 1.44 bits per heavy atom. The number of likely N-dealkylation sites (N-methyl/N-ethyl adjacent to an activating group) is 1. The molecule has 0 saturated heterocycles. The number of amides is 1. The van der Waals surface area contributed by atoms with Crippen molar-refractivity contribution < 1.29 is 19.1 Å². The molecule has 5 nitrogen and oxygen atoms in total. The van der Waals surface area contributed by atoms with Crippen molar-refractivity contribution in [2.75, 3.05) is 7.05 Å². The van der Waals surface area contributed by atoms with Gasteiger partial charge in [0.2, 0.25) is 5.91 Å². The van der Waals surface area contributed by atoms with Gasteiger partial charge < -0.3 is 15.7 Å². The number of nitrogens with two attached hydrogens (primary N) is 1. The number of rotatable bonds is 5. The molecule has 1 unspecified atom stereocenters. The first-order valence-electron chi connectivity index (χ1n) is 5.37. The molecule has 98 valence electrons. The molecule has 6 heteroatoms. The van der Waals surface area contributed by atoms with Crippen LogP contribution in [0, 0.1) is 5.82 Å². The average Bonchev–Trinajstić information content (AvgIpc) is 2.30. The molecule has 1 aromatic carbocycles. The minimum atomic E-state index is -1.14. The molecule has 0 saturated carbocycles. The van der Waals surface area contributed by atoms with Crippen molar-refractivity contribution in [3.05, 3.63) is 35.6 Å². The van der Waals surface area contributed by atoms with Crippen LogP contribution in [0.2, 0.25) is 0 Å². The number of nitrogens with zero attached hydrogens (tertiary/aromatic N) is 1. The third-order valence-electron chi connectivity index (χ3n) is 2.45. The zero-order chi connectivity index (χ0) is 13.7. The lowest BCUT2D eigenvalue weighted by Crippen LogP contribution is -2.42. The summed E-state index contributed by atoms with van der Waals surface area (Å²) in [6.07, 6.45) is -0.444. The van der Waals surface area contributed by atoms with Gasteiger partial charge in [0, 0.05) is 19.2 Å². The number of hydrogen-bond donors (Lipinski definition) is 2. The lowest BCUT2D eigenvalue weighted by atomic mass is 10.1. The Morgan fingerprint density at radius 2 is 2.06 bits per heavy atom. The van der Waals surface area contributed by atoms with E-state index in [-0.39, 0.29) is 6.54 Å². The quantitative estimate of drug-likeness (QED) is 0.805. The number of hydrogen-bond acceptors (Lipinski definition) is 3. The highest BCUT2D eigenvalue weighted by atomic mass is 19.1. The van der Waals surface area contributed by atoms with E-state index in [4.69, 9.17) is 10.8 Å². The summed E-state index contributed by atoms with van der Waals surface area (Å²) in [5, 5.41) is 8.54. The highest BCUT2D eigenvalue weighted by molar-refractivity contribution is 5.85. The molecule has 0 aromatic heterocycles. The van der Waals surface area contributed by atoms with Gasteiger partial charge in [-0.25, -0.2) is 4.39 Å². The second kappa shape index (κ2) is 6.11. The van der Waals surface area contributed by atoms with Crippen LogP contribution in [0.25, 0.3) is 0 Å². The van der Waals surface area contributed by atoms with Gasteiger partial charge in [0.15, 0.2) is 0 Å². The third-order valence-corrected chi connectivity index (χ3v) is 2.45. The SMILES string of the molecule is CN(Cc1ccccc1F)C(=O)C(N)CC(=O)O. The van der Waals surface area contributed by atoms with E-state index < -0.39 is 30.2 Å². The van der Waals surface area contributed by atoms with Crippen molar-refractivity contribution in [2.24, 2.45) is 5.73 Å². The van der Waals surface area contributed by atoms with Crippen LogP contribution in [0.15, 0.2) is 24.3 Å². The molecule has 1 aromatic rings. The Balaban J connectivity index is 2.65. The summed E-state index contributed by atoms with van der Waals surface area (Å²) in [5.41, 5.74) is 5.80. The van der Waals surface area contributed by atoms with Gasteiger partial charge in [0.25, 0.3) is 0 Å². The molecule has 18 heavy (non-hydrogen) atoms. The molecular weight excluding hydrogens is 239 g/mol. The molecule has 3 N–H and O–H groups in total. The molecule has 0 aliphatic carbocycles. The molecule has 1 rings (SSSR count). The van der Waals surface area contributed by atoms with Crippen LogP contribution in [0.5, 0.6) is 0 Å². The lowest BCUT2D eigenvalue weighted by Gasteiger charge is -2.20. The maximum Gasteiger partial charge on any atom is 0.305 e. The van der Waals surface area contributed by atoms with E-state index in [0.29, 0.717) is 5.56 Å². The number of carbonyl (C=O) groups excluding carboxylic acids is 1. The predicted molar refractivity (Wildman–Crippen MR) is 63.1 cm³/mol. The molecule has 0 heterocycles. The average molecular weight is 254 g/mol. The second-order valence-electron chi connectivity index (χ2n) is 3.99. The lowest BCUT2D eigenvalue weighted by molar-refractivity contribution is -0.141. The number of halogens is 1. The van der Waals surface area contributed by atoms with E-state index in [0.717, 1.165) is 0 Å². The van der Waals surface area contributed by atoms with Crippen molar-refractivity contribution in [2.45, 2.75) is 19.0 Å². The normalized spacial score (nSPS) is 11.9. The van der Waals surface area contributed by atoms with E-state index >= 15 is 0 Å². The monoisotopic (exact) mass is 254 g/mol. The fourth-order valence-electron chi connectivity index (χ4n) is 1.52. The third kappa shape index (κ3) is 3.81. The fourth-order valence-corrected chi connectivity index (χ4v) is 1.52. The van der Waals surface area contributed by atoms with Crippen LogP contribution in [-0.2, 0) is 16.1 Å². The van der Waals surface area contributed by atoms with E-state index in [9.17, 15) is 14.0 Å². The van der Waals surface area contributed by atoms with Crippen LogP contribution in [0.1, 0.15) is 12.0 Å². The minimum Gasteiger partial charge on any atom is -0.481 e. The van der Waals surface area contributed by atoms with Crippen LogP contribution in [0.3, 0.4) is 0 Å². The van der Waals surface area contributed by atoms with Gasteiger partial charge in [-0.05, 0) is 6.07 Å². The van der Waals surface area contributed by atoms with Crippen molar-refractivity contribution >= 4 is 11.9 Å². The highest BCUT2D eigenvalue weighted by Gasteiger charge is 2.21. The van der Waals surface area contributed by atoms with Crippen LogP contribution < -0.4 is 5.73 Å². The Kier molecular flexibility index (Phi) is 4.79. The van der Waals surface area contributed by atoms with E-state index in [1.165, 1.54) is 18.0 Å². The maximum absolute atomic E-state index is 13.4. The number of aliphatic carboxylic acids is 1. The topological polar surface area (TPSA) is 83.6 Å². The second-order valence-corrected chi connectivity index (χ2v) is 3.99. The summed E-state index contributed by atoms with van der Waals surface area (Å²) < 4.78 is 13.4. The van der Waals surface area contributed by atoms with Crippen molar-refractivity contribution in [3.63, 3.8) is 0 Å². The zero-order valence-corrected chi connectivity index (χ0v) is 9.97. The summed E-state index contributed by atoms with van der Waals surface area (Å²) in [7, 11) is 1.45. The minimum absolute atomic E-state index is 0.0544. The molecule has 0 aliphatic heterocycles. The smallest absolute Gasteiger partial charge is 0.305 e. The van der Waals surface area contributed by atoms with Crippen LogP contribution >= 0.6 is 0 Å². The number of carboxylic acid groups (broad SMARTS) is 1.